The molecule has 4 aromatic rings. The Balaban J connectivity index is 1.55. The summed E-state index contributed by atoms with van der Waals surface area (Å²) in [5.74, 6) is 1.53. The number of pyridine rings is 2. The van der Waals surface area contributed by atoms with E-state index in [0.717, 1.165) is 23.5 Å². The Bertz CT molecular complexity index is 1240. The van der Waals surface area contributed by atoms with E-state index in [2.05, 4.69) is 15.0 Å². The summed E-state index contributed by atoms with van der Waals surface area (Å²) in [5, 5.41) is 0.534. The highest BCUT2D eigenvalue weighted by Gasteiger charge is 2.18. The van der Waals surface area contributed by atoms with Crippen LogP contribution in [0.25, 0.3) is 10.9 Å². The highest BCUT2D eigenvalue weighted by molar-refractivity contribution is 7.99. The molecule has 3 heterocycles. The average Bonchev–Trinajstić information content (AvgIpc) is 2.81. The standard InChI is InChI=1S/C23H22N4O2S2/c28-22-20-5-1-2-6-21(20)26-23(29)27(22)17(16-31-19-9-13-25-14-10-19)4-3-15-30-18-7-11-24-12-8-18/h1-2,5-14,17H,3-4,15-16H2,(H,26,29). The molecule has 0 saturated carbocycles. The first-order valence-corrected chi connectivity index (χ1v) is 12.0. The molecule has 0 bridgehead atoms. The Morgan fingerprint density at radius 2 is 1.52 bits per heavy atom. The maximum Gasteiger partial charge on any atom is 0.329 e. The summed E-state index contributed by atoms with van der Waals surface area (Å²) in [4.78, 5) is 39.2. The molecule has 0 radical (unpaired) electrons. The third-order valence-electron chi connectivity index (χ3n) is 4.89. The molecule has 0 saturated heterocycles. The number of rotatable bonds is 9. The zero-order valence-electron chi connectivity index (χ0n) is 16.8. The van der Waals surface area contributed by atoms with E-state index in [0.29, 0.717) is 16.7 Å². The van der Waals surface area contributed by atoms with Gasteiger partial charge in [0.25, 0.3) is 5.56 Å². The smallest absolute Gasteiger partial charge is 0.307 e. The van der Waals surface area contributed by atoms with Gasteiger partial charge in [-0.25, -0.2) is 4.79 Å². The Morgan fingerprint density at radius 3 is 2.23 bits per heavy atom. The molecule has 158 valence electrons. The van der Waals surface area contributed by atoms with E-state index in [9.17, 15) is 9.59 Å². The molecule has 3 aromatic heterocycles. The van der Waals surface area contributed by atoms with E-state index < -0.39 is 0 Å². The molecular weight excluding hydrogens is 428 g/mol. The molecule has 8 heteroatoms. The van der Waals surface area contributed by atoms with Gasteiger partial charge in [0.15, 0.2) is 0 Å². The second-order valence-electron chi connectivity index (χ2n) is 6.97. The number of fused-ring (bicyclic) bond motifs is 1. The van der Waals surface area contributed by atoms with Crippen LogP contribution in [0.15, 0.2) is 92.7 Å². The van der Waals surface area contributed by atoms with Crippen molar-refractivity contribution in [2.24, 2.45) is 0 Å². The van der Waals surface area contributed by atoms with Gasteiger partial charge in [0.05, 0.1) is 16.9 Å². The molecule has 31 heavy (non-hydrogen) atoms. The summed E-state index contributed by atoms with van der Waals surface area (Å²) in [6.07, 6.45) is 8.68. The molecule has 4 rings (SSSR count). The fourth-order valence-corrected chi connectivity index (χ4v) is 5.24. The van der Waals surface area contributed by atoms with Crippen molar-refractivity contribution in [2.45, 2.75) is 28.7 Å². The van der Waals surface area contributed by atoms with Crippen LogP contribution in [-0.4, -0.2) is 31.0 Å². The number of aromatic nitrogens is 4. The van der Waals surface area contributed by atoms with E-state index in [1.54, 1.807) is 60.4 Å². The van der Waals surface area contributed by atoms with E-state index in [4.69, 9.17) is 0 Å². The second kappa shape index (κ2) is 10.5. The zero-order valence-corrected chi connectivity index (χ0v) is 18.4. The lowest BCUT2D eigenvalue weighted by Gasteiger charge is -2.19. The largest absolute Gasteiger partial charge is 0.329 e. The van der Waals surface area contributed by atoms with Gasteiger partial charge >= 0.3 is 5.69 Å². The van der Waals surface area contributed by atoms with E-state index in [-0.39, 0.29) is 17.3 Å². The minimum Gasteiger partial charge on any atom is -0.307 e. The van der Waals surface area contributed by atoms with Gasteiger partial charge in [-0.2, -0.15) is 0 Å². The summed E-state index contributed by atoms with van der Waals surface area (Å²) in [5.41, 5.74) is -0.0187. The molecule has 0 spiro atoms. The van der Waals surface area contributed by atoms with Gasteiger partial charge in [-0.1, -0.05) is 12.1 Å². The van der Waals surface area contributed by atoms with Gasteiger partial charge in [-0.15, -0.1) is 23.5 Å². The van der Waals surface area contributed by atoms with Gasteiger partial charge in [-0.05, 0) is 55.0 Å². The van der Waals surface area contributed by atoms with Crippen LogP contribution in [0, 0.1) is 0 Å². The lowest BCUT2D eigenvalue weighted by molar-refractivity contribution is 0.478. The Hall–Kier alpha value is -2.84. The first kappa shape index (κ1) is 21.4. The SMILES string of the molecule is O=c1[nH]c2ccccc2c(=O)n1C(CCCSc1ccncc1)CSc1ccncc1. The number of aromatic amines is 1. The minimum atomic E-state index is -0.356. The molecule has 0 fully saturated rings. The van der Waals surface area contributed by atoms with E-state index in [1.807, 2.05) is 36.4 Å². The summed E-state index contributed by atoms with van der Waals surface area (Å²) >= 11 is 3.39. The zero-order chi connectivity index (χ0) is 21.5. The molecule has 1 N–H and O–H groups in total. The highest BCUT2D eigenvalue weighted by Crippen LogP contribution is 2.26. The van der Waals surface area contributed by atoms with Gasteiger partial charge in [0.1, 0.15) is 0 Å². The Labute approximate surface area is 188 Å². The lowest BCUT2D eigenvalue weighted by Crippen LogP contribution is -2.39. The Morgan fingerprint density at radius 1 is 0.871 bits per heavy atom. The predicted octanol–water partition coefficient (Wildman–Crippen LogP) is 4.39. The summed E-state index contributed by atoms with van der Waals surface area (Å²) < 4.78 is 1.40. The molecule has 1 aromatic carbocycles. The number of nitrogens with one attached hydrogen (secondary N) is 1. The van der Waals surface area contributed by atoms with Gasteiger partial charge < -0.3 is 4.98 Å². The maximum absolute atomic E-state index is 13.2. The Kier molecular flexibility index (Phi) is 7.22. The number of benzene rings is 1. The van der Waals surface area contributed by atoms with E-state index >= 15 is 0 Å². The fraction of sp³-hybridized carbons (Fsp3) is 0.217. The molecular formula is C23H22N4O2S2. The summed E-state index contributed by atoms with van der Waals surface area (Å²) in [6, 6.07) is 14.8. The van der Waals surface area contributed by atoms with Crippen molar-refractivity contribution in [3.8, 4) is 0 Å². The first-order chi connectivity index (χ1) is 15.2. The van der Waals surface area contributed by atoms with Gasteiger partial charge in [-0.3, -0.25) is 19.3 Å². The van der Waals surface area contributed by atoms with Crippen molar-refractivity contribution >= 4 is 34.4 Å². The van der Waals surface area contributed by atoms with Crippen molar-refractivity contribution in [1.82, 2.24) is 19.5 Å². The van der Waals surface area contributed by atoms with Crippen LogP contribution in [0.1, 0.15) is 18.9 Å². The van der Waals surface area contributed by atoms with Crippen LogP contribution >= 0.6 is 23.5 Å². The fourth-order valence-electron chi connectivity index (χ4n) is 3.36. The van der Waals surface area contributed by atoms with Crippen molar-refractivity contribution in [3.05, 3.63) is 94.2 Å². The number of hydrogen-bond donors (Lipinski definition) is 1. The van der Waals surface area contributed by atoms with Gasteiger partial charge in [0.2, 0.25) is 0 Å². The predicted molar refractivity (Wildman–Crippen MR) is 127 cm³/mol. The first-order valence-electron chi connectivity index (χ1n) is 10.0. The molecule has 1 atom stereocenters. The number of nitrogens with zero attached hydrogens (tertiary/aromatic N) is 3. The third-order valence-corrected chi connectivity index (χ3v) is 7.15. The quantitative estimate of drug-likeness (QED) is 0.301. The summed E-state index contributed by atoms with van der Waals surface area (Å²) in [6.45, 7) is 0. The van der Waals surface area contributed by atoms with Crippen LogP contribution in [0.5, 0.6) is 0 Å². The number of hydrogen-bond acceptors (Lipinski definition) is 6. The van der Waals surface area contributed by atoms with Crippen LogP contribution in [-0.2, 0) is 0 Å². The number of H-pyrrole nitrogens is 1. The van der Waals surface area contributed by atoms with Crippen molar-refractivity contribution < 1.29 is 0 Å². The number of para-hydroxylation sites is 1. The topological polar surface area (TPSA) is 80.6 Å². The van der Waals surface area contributed by atoms with Crippen LogP contribution in [0.4, 0.5) is 0 Å². The molecule has 6 nitrogen and oxygen atoms in total. The molecule has 0 aliphatic carbocycles. The normalized spacial score (nSPS) is 12.1. The van der Waals surface area contributed by atoms with Crippen LogP contribution < -0.4 is 11.2 Å². The molecule has 1 unspecified atom stereocenters. The molecule has 0 amide bonds. The second-order valence-corrected chi connectivity index (χ2v) is 9.23. The van der Waals surface area contributed by atoms with Gasteiger partial charge in [0, 0.05) is 40.3 Å². The molecule has 0 aliphatic rings. The number of thioether (sulfide) groups is 2. The van der Waals surface area contributed by atoms with Crippen LogP contribution in [0.2, 0.25) is 0 Å². The van der Waals surface area contributed by atoms with Crippen LogP contribution in [0.3, 0.4) is 0 Å². The van der Waals surface area contributed by atoms with Crippen molar-refractivity contribution in [2.75, 3.05) is 11.5 Å². The monoisotopic (exact) mass is 450 g/mol. The van der Waals surface area contributed by atoms with Crippen molar-refractivity contribution in [3.63, 3.8) is 0 Å². The average molecular weight is 451 g/mol. The lowest BCUT2D eigenvalue weighted by atomic mass is 10.2. The van der Waals surface area contributed by atoms with Crippen molar-refractivity contribution in [1.29, 1.82) is 0 Å². The minimum absolute atomic E-state index is 0.211. The van der Waals surface area contributed by atoms with E-state index in [1.165, 1.54) is 9.46 Å². The third kappa shape index (κ3) is 5.45. The highest BCUT2D eigenvalue weighted by atomic mass is 32.2. The summed E-state index contributed by atoms with van der Waals surface area (Å²) in [7, 11) is 0. The molecule has 0 aliphatic heterocycles. The maximum atomic E-state index is 13.2.